The molecule has 1 amide bonds. The Balaban J connectivity index is 1.87. The number of amides is 1. The first-order valence-corrected chi connectivity index (χ1v) is 9.92. The molecule has 1 saturated heterocycles. The van der Waals surface area contributed by atoms with Crippen molar-refractivity contribution in [1.29, 1.82) is 0 Å². The summed E-state index contributed by atoms with van der Waals surface area (Å²) < 4.78 is 1.96. The Morgan fingerprint density at radius 1 is 1.28 bits per heavy atom. The summed E-state index contributed by atoms with van der Waals surface area (Å²) in [5.74, 6) is 1.10. The highest BCUT2D eigenvalue weighted by Gasteiger charge is 2.23. The zero-order chi connectivity index (χ0) is 17.6. The predicted molar refractivity (Wildman–Crippen MR) is 102 cm³/mol. The van der Waals surface area contributed by atoms with Crippen LogP contribution in [0, 0.1) is 0 Å². The second kappa shape index (κ2) is 8.58. The molecule has 0 spiro atoms. The summed E-state index contributed by atoms with van der Waals surface area (Å²) in [6, 6.07) is 7.65. The van der Waals surface area contributed by atoms with Gasteiger partial charge in [-0.3, -0.25) is 9.36 Å². The molecule has 25 heavy (non-hydrogen) atoms. The third-order valence-electron chi connectivity index (χ3n) is 4.00. The maximum absolute atomic E-state index is 11.9. The minimum Gasteiger partial charge on any atom is -0.355 e. The van der Waals surface area contributed by atoms with Gasteiger partial charge in [0.1, 0.15) is 0 Å². The van der Waals surface area contributed by atoms with Crippen LogP contribution in [0.25, 0.3) is 5.69 Å². The smallest absolute Gasteiger partial charge is 0.232 e. The molecule has 2 aromatic rings. The molecule has 1 fully saturated rings. The number of benzene rings is 1. The van der Waals surface area contributed by atoms with Gasteiger partial charge in [-0.2, -0.15) is 0 Å². The second-order valence-electron chi connectivity index (χ2n) is 5.90. The molecule has 8 heteroatoms. The molecule has 0 atom stereocenters. The summed E-state index contributed by atoms with van der Waals surface area (Å²) in [5, 5.41) is 12.9. The number of carbonyl (C=O) groups is 1. The van der Waals surface area contributed by atoms with Gasteiger partial charge < -0.3 is 10.2 Å². The summed E-state index contributed by atoms with van der Waals surface area (Å²) in [5.41, 5.74) is 0.840. The van der Waals surface area contributed by atoms with Crippen molar-refractivity contribution in [1.82, 2.24) is 20.1 Å². The van der Waals surface area contributed by atoms with E-state index < -0.39 is 0 Å². The molecular weight excluding hydrogens is 358 g/mol. The van der Waals surface area contributed by atoms with Crippen molar-refractivity contribution in [3.63, 3.8) is 0 Å². The zero-order valence-electron chi connectivity index (χ0n) is 14.2. The van der Waals surface area contributed by atoms with Crippen molar-refractivity contribution >= 4 is 35.2 Å². The number of anilines is 1. The van der Waals surface area contributed by atoms with Gasteiger partial charge in [0.25, 0.3) is 0 Å². The Hall–Kier alpha value is -1.73. The lowest BCUT2D eigenvalue weighted by molar-refractivity contribution is -0.118. The Labute approximate surface area is 156 Å². The van der Waals surface area contributed by atoms with Crippen LogP contribution in [-0.2, 0) is 4.79 Å². The first kappa shape index (κ1) is 18.1. The minimum absolute atomic E-state index is 0.00304. The van der Waals surface area contributed by atoms with E-state index in [1.54, 1.807) is 0 Å². The van der Waals surface area contributed by atoms with Crippen molar-refractivity contribution in [2.75, 3.05) is 30.3 Å². The molecule has 1 aliphatic heterocycles. The van der Waals surface area contributed by atoms with Crippen LogP contribution in [0.5, 0.6) is 0 Å². The zero-order valence-corrected chi connectivity index (χ0v) is 15.8. The van der Waals surface area contributed by atoms with E-state index >= 15 is 0 Å². The average molecular weight is 380 g/mol. The van der Waals surface area contributed by atoms with Gasteiger partial charge in [0.15, 0.2) is 5.16 Å². The van der Waals surface area contributed by atoms with Gasteiger partial charge >= 0.3 is 0 Å². The topological polar surface area (TPSA) is 63.1 Å². The average Bonchev–Trinajstić information content (AvgIpc) is 3.27. The van der Waals surface area contributed by atoms with Crippen LogP contribution < -0.4 is 10.2 Å². The normalized spacial score (nSPS) is 14.1. The number of hydrogen-bond acceptors (Lipinski definition) is 5. The molecule has 134 valence electrons. The SMILES string of the molecule is CCCNC(=O)CSc1nnc(N2CCCC2)n1-c1ccccc1Cl. The van der Waals surface area contributed by atoms with Crippen LogP contribution in [0.3, 0.4) is 0 Å². The lowest BCUT2D eigenvalue weighted by Gasteiger charge is -2.19. The van der Waals surface area contributed by atoms with Crippen LogP contribution >= 0.6 is 23.4 Å². The Kier molecular flexibility index (Phi) is 6.20. The molecule has 0 bridgehead atoms. The summed E-state index contributed by atoms with van der Waals surface area (Å²) in [6.07, 6.45) is 3.22. The maximum atomic E-state index is 11.9. The number of thioether (sulfide) groups is 1. The molecule has 6 nitrogen and oxygen atoms in total. The molecule has 1 aromatic carbocycles. The van der Waals surface area contributed by atoms with Gasteiger partial charge in [0.05, 0.1) is 16.5 Å². The Morgan fingerprint density at radius 2 is 2.04 bits per heavy atom. The van der Waals surface area contributed by atoms with E-state index in [4.69, 9.17) is 11.6 Å². The molecule has 0 radical (unpaired) electrons. The standard InChI is InChI=1S/C17H22ClN5OS/c1-2-9-19-15(24)12-25-17-21-20-16(22-10-5-6-11-22)23(17)14-8-4-3-7-13(14)18/h3-4,7-8H,2,5-6,9-12H2,1H3,(H,19,24). The lowest BCUT2D eigenvalue weighted by atomic mass is 10.3. The number of rotatable bonds is 7. The molecule has 1 aliphatic rings. The number of nitrogens with zero attached hydrogens (tertiary/aromatic N) is 4. The number of hydrogen-bond donors (Lipinski definition) is 1. The monoisotopic (exact) mass is 379 g/mol. The lowest BCUT2D eigenvalue weighted by Crippen LogP contribution is -2.26. The molecule has 0 aliphatic carbocycles. The fraction of sp³-hybridized carbons (Fsp3) is 0.471. The molecule has 1 N–H and O–H groups in total. The van der Waals surface area contributed by atoms with Crippen molar-refractivity contribution < 1.29 is 4.79 Å². The van der Waals surface area contributed by atoms with Gasteiger partial charge in [0, 0.05) is 19.6 Å². The van der Waals surface area contributed by atoms with Crippen molar-refractivity contribution in [3.05, 3.63) is 29.3 Å². The van der Waals surface area contributed by atoms with Crippen LogP contribution in [0.1, 0.15) is 26.2 Å². The van der Waals surface area contributed by atoms with Gasteiger partial charge in [-0.25, -0.2) is 0 Å². The quantitative estimate of drug-likeness (QED) is 0.749. The van der Waals surface area contributed by atoms with Gasteiger partial charge in [-0.15, -0.1) is 10.2 Å². The first-order chi connectivity index (χ1) is 12.2. The largest absolute Gasteiger partial charge is 0.355 e. The number of aromatic nitrogens is 3. The number of halogens is 1. The first-order valence-electron chi connectivity index (χ1n) is 8.55. The van der Waals surface area contributed by atoms with Crippen molar-refractivity contribution in [2.24, 2.45) is 0 Å². The highest BCUT2D eigenvalue weighted by molar-refractivity contribution is 7.99. The molecule has 2 heterocycles. The van der Waals surface area contributed by atoms with Gasteiger partial charge in [0.2, 0.25) is 11.9 Å². The fourth-order valence-corrected chi connectivity index (χ4v) is 3.76. The Bertz CT molecular complexity index is 730. The number of carbonyl (C=O) groups excluding carboxylic acids is 1. The number of nitrogens with one attached hydrogen (secondary N) is 1. The molecular formula is C17H22ClN5OS. The minimum atomic E-state index is 0.00304. The van der Waals surface area contributed by atoms with Crippen molar-refractivity contribution in [2.45, 2.75) is 31.3 Å². The third kappa shape index (κ3) is 4.27. The summed E-state index contributed by atoms with van der Waals surface area (Å²) in [7, 11) is 0. The van der Waals surface area contributed by atoms with Gasteiger partial charge in [-0.1, -0.05) is 42.4 Å². The highest BCUT2D eigenvalue weighted by atomic mass is 35.5. The highest BCUT2D eigenvalue weighted by Crippen LogP contribution is 2.31. The van der Waals surface area contributed by atoms with E-state index in [1.807, 2.05) is 35.8 Å². The Morgan fingerprint density at radius 3 is 2.76 bits per heavy atom. The van der Waals surface area contributed by atoms with Crippen molar-refractivity contribution in [3.8, 4) is 5.69 Å². The summed E-state index contributed by atoms with van der Waals surface area (Å²) in [4.78, 5) is 14.1. The van der Waals surface area contributed by atoms with Gasteiger partial charge in [-0.05, 0) is 31.4 Å². The van der Waals surface area contributed by atoms with Crippen LogP contribution in [-0.4, -0.2) is 46.1 Å². The van der Waals surface area contributed by atoms with E-state index in [0.29, 0.717) is 22.5 Å². The molecule has 3 rings (SSSR count). The van der Waals surface area contributed by atoms with Crippen LogP contribution in [0.4, 0.5) is 5.95 Å². The number of para-hydroxylation sites is 1. The van der Waals surface area contributed by atoms with E-state index in [2.05, 4.69) is 20.4 Å². The summed E-state index contributed by atoms with van der Waals surface area (Å²) >= 11 is 7.79. The second-order valence-corrected chi connectivity index (χ2v) is 7.25. The molecule has 0 unspecified atom stereocenters. The predicted octanol–water partition coefficient (Wildman–Crippen LogP) is 3.14. The van der Waals surface area contributed by atoms with Crippen LogP contribution in [0.15, 0.2) is 29.4 Å². The van der Waals surface area contributed by atoms with E-state index in [1.165, 1.54) is 11.8 Å². The van der Waals surface area contributed by atoms with E-state index in [-0.39, 0.29) is 5.91 Å². The molecule has 0 saturated carbocycles. The molecule has 1 aromatic heterocycles. The summed E-state index contributed by atoms with van der Waals surface area (Å²) in [6.45, 7) is 4.65. The fourth-order valence-electron chi connectivity index (χ4n) is 2.77. The maximum Gasteiger partial charge on any atom is 0.232 e. The van der Waals surface area contributed by atoms with E-state index in [9.17, 15) is 4.79 Å². The third-order valence-corrected chi connectivity index (χ3v) is 5.25. The van der Waals surface area contributed by atoms with E-state index in [0.717, 1.165) is 44.0 Å². The van der Waals surface area contributed by atoms with Crippen LogP contribution in [0.2, 0.25) is 5.02 Å².